The number of ether oxygens (including phenoxy) is 1. The van der Waals surface area contributed by atoms with Crippen molar-refractivity contribution in [3.8, 4) is 5.75 Å². The summed E-state index contributed by atoms with van der Waals surface area (Å²) in [4.78, 5) is 23.8. The minimum Gasteiger partial charge on any atom is -0.495 e. The van der Waals surface area contributed by atoms with Gasteiger partial charge in [-0.25, -0.2) is 9.97 Å². The topological polar surface area (TPSA) is 64.1 Å². The molecule has 31 heavy (non-hydrogen) atoms. The molecule has 1 aromatic heterocycles. The Hall–Kier alpha value is -2.37. The maximum Gasteiger partial charge on any atom is 0.237 e. The monoisotopic (exact) mass is 455 g/mol. The van der Waals surface area contributed by atoms with Crippen molar-refractivity contribution in [1.82, 2.24) is 9.97 Å². The first-order chi connectivity index (χ1) is 14.7. The van der Waals surface area contributed by atoms with Crippen LogP contribution in [0.25, 0.3) is 11.0 Å². The first-order valence-corrected chi connectivity index (χ1v) is 11.1. The fourth-order valence-electron chi connectivity index (χ4n) is 5.53. The van der Waals surface area contributed by atoms with Crippen LogP contribution in [0.3, 0.4) is 0 Å². The predicted molar refractivity (Wildman–Crippen MR) is 123 cm³/mol. The van der Waals surface area contributed by atoms with Crippen LogP contribution < -0.4 is 10.1 Å². The third-order valence-corrected chi connectivity index (χ3v) is 7.96. The molecule has 0 radical (unpaired) electrons. The van der Waals surface area contributed by atoms with E-state index < -0.39 is 5.41 Å². The van der Waals surface area contributed by atoms with E-state index in [9.17, 15) is 4.79 Å². The van der Waals surface area contributed by atoms with Crippen LogP contribution in [0.2, 0.25) is 10.0 Å². The van der Waals surface area contributed by atoms with Gasteiger partial charge in [0, 0.05) is 5.92 Å². The zero-order valence-corrected chi connectivity index (χ0v) is 19.4. The molecule has 0 spiro atoms. The van der Waals surface area contributed by atoms with Crippen LogP contribution >= 0.6 is 23.2 Å². The lowest BCUT2D eigenvalue weighted by Gasteiger charge is -2.36. The minimum atomic E-state index is -0.783. The first-order valence-electron chi connectivity index (χ1n) is 10.3. The van der Waals surface area contributed by atoms with Crippen LogP contribution in [-0.2, 0) is 10.2 Å². The molecule has 2 atom stereocenters. The van der Waals surface area contributed by atoms with Gasteiger partial charge < -0.3 is 10.1 Å². The Kier molecular flexibility index (Phi) is 4.51. The van der Waals surface area contributed by atoms with Crippen molar-refractivity contribution in [2.75, 3.05) is 12.4 Å². The molecular weight excluding hydrogens is 433 g/mol. The SMILES string of the molecule is COc1ccc(C)cc1NC(=O)C12CCC(c3nc4cc(Cl)c(Cl)cc4nc31)C2(C)C. The van der Waals surface area contributed by atoms with Crippen LogP contribution in [0.1, 0.15) is 49.6 Å². The molecule has 1 heterocycles. The van der Waals surface area contributed by atoms with E-state index in [4.69, 9.17) is 37.9 Å². The number of carbonyl (C=O) groups excluding carboxylic acids is 1. The summed E-state index contributed by atoms with van der Waals surface area (Å²) in [5.74, 6) is 0.710. The van der Waals surface area contributed by atoms with Gasteiger partial charge in [0.25, 0.3) is 0 Å². The molecule has 160 valence electrons. The summed E-state index contributed by atoms with van der Waals surface area (Å²) in [6.07, 6.45) is 1.61. The molecule has 2 unspecified atom stereocenters. The molecular formula is C24H23Cl2N3O2. The van der Waals surface area contributed by atoms with E-state index in [0.29, 0.717) is 32.5 Å². The number of hydrogen-bond acceptors (Lipinski definition) is 4. The number of hydrogen-bond donors (Lipinski definition) is 1. The van der Waals surface area contributed by atoms with Crippen LogP contribution in [0.5, 0.6) is 5.75 Å². The van der Waals surface area contributed by atoms with Crippen molar-refractivity contribution in [3.05, 3.63) is 57.3 Å². The highest BCUT2D eigenvalue weighted by Gasteiger charge is 2.67. The van der Waals surface area contributed by atoms with Gasteiger partial charge in [-0.1, -0.05) is 43.1 Å². The van der Waals surface area contributed by atoms with Crippen molar-refractivity contribution < 1.29 is 9.53 Å². The van der Waals surface area contributed by atoms with Gasteiger partial charge in [0.15, 0.2) is 0 Å². The Balaban J connectivity index is 1.67. The van der Waals surface area contributed by atoms with E-state index >= 15 is 0 Å². The first kappa shape index (κ1) is 20.5. The van der Waals surface area contributed by atoms with Gasteiger partial charge in [-0.2, -0.15) is 0 Å². The zero-order chi connectivity index (χ0) is 22.1. The number of nitrogens with one attached hydrogen (secondary N) is 1. The maximum absolute atomic E-state index is 13.9. The molecule has 0 saturated heterocycles. The molecule has 1 saturated carbocycles. The largest absolute Gasteiger partial charge is 0.495 e. The van der Waals surface area contributed by atoms with Gasteiger partial charge in [0.2, 0.25) is 5.91 Å². The Morgan fingerprint density at radius 1 is 1.13 bits per heavy atom. The Morgan fingerprint density at radius 3 is 2.48 bits per heavy atom. The molecule has 1 N–H and O–H groups in total. The number of halogens is 2. The number of benzene rings is 2. The second-order valence-electron chi connectivity index (χ2n) is 9.09. The van der Waals surface area contributed by atoms with Crippen molar-refractivity contribution >= 4 is 45.8 Å². The Morgan fingerprint density at radius 2 is 1.81 bits per heavy atom. The third-order valence-electron chi connectivity index (χ3n) is 7.24. The molecule has 3 aromatic rings. The van der Waals surface area contributed by atoms with Crippen LogP contribution in [0.4, 0.5) is 5.69 Å². The van der Waals surface area contributed by atoms with Crippen molar-refractivity contribution in [3.63, 3.8) is 0 Å². The molecule has 2 aliphatic carbocycles. The predicted octanol–water partition coefficient (Wildman–Crippen LogP) is 6.05. The number of anilines is 1. The summed E-state index contributed by atoms with van der Waals surface area (Å²) in [5, 5.41) is 4.02. The summed E-state index contributed by atoms with van der Waals surface area (Å²) >= 11 is 12.4. The third kappa shape index (κ3) is 2.72. The van der Waals surface area contributed by atoms with E-state index in [0.717, 1.165) is 29.8 Å². The molecule has 7 heteroatoms. The lowest BCUT2D eigenvalue weighted by molar-refractivity contribution is -0.124. The Bertz CT molecular complexity index is 1260. The summed E-state index contributed by atoms with van der Waals surface area (Å²) in [5.41, 5.74) is 3.59. The summed E-state index contributed by atoms with van der Waals surface area (Å²) in [6, 6.07) is 9.22. The van der Waals surface area contributed by atoms with Crippen molar-refractivity contribution in [1.29, 1.82) is 0 Å². The van der Waals surface area contributed by atoms with Crippen LogP contribution in [0, 0.1) is 12.3 Å². The van der Waals surface area contributed by atoms with Crippen molar-refractivity contribution in [2.24, 2.45) is 5.41 Å². The summed E-state index contributed by atoms with van der Waals surface area (Å²) in [7, 11) is 1.60. The lowest BCUT2D eigenvalue weighted by atomic mass is 9.67. The number of aryl methyl sites for hydroxylation is 1. The quantitative estimate of drug-likeness (QED) is 0.521. The number of amides is 1. The van der Waals surface area contributed by atoms with E-state index in [1.165, 1.54) is 0 Å². The average Bonchev–Trinajstić information content (AvgIpc) is 3.09. The lowest BCUT2D eigenvalue weighted by Crippen LogP contribution is -2.46. The molecule has 0 aliphatic heterocycles. The summed E-state index contributed by atoms with van der Waals surface area (Å²) < 4.78 is 5.47. The highest BCUT2D eigenvalue weighted by Crippen LogP contribution is 2.67. The highest BCUT2D eigenvalue weighted by molar-refractivity contribution is 6.42. The molecule has 2 aromatic carbocycles. The van der Waals surface area contributed by atoms with Gasteiger partial charge >= 0.3 is 0 Å². The van der Waals surface area contributed by atoms with Gasteiger partial charge in [0.1, 0.15) is 5.75 Å². The summed E-state index contributed by atoms with van der Waals surface area (Å²) in [6.45, 7) is 6.28. The molecule has 1 fully saturated rings. The smallest absolute Gasteiger partial charge is 0.237 e. The van der Waals surface area contributed by atoms with Crippen LogP contribution in [0.15, 0.2) is 30.3 Å². The number of fused-ring (bicyclic) bond motifs is 6. The van der Waals surface area contributed by atoms with Crippen molar-refractivity contribution in [2.45, 2.75) is 44.9 Å². The van der Waals surface area contributed by atoms with E-state index in [-0.39, 0.29) is 17.2 Å². The Labute approximate surface area is 191 Å². The molecule has 5 nitrogen and oxygen atoms in total. The normalized spacial score (nSPS) is 23.1. The molecule has 2 aliphatic rings. The number of aromatic nitrogens is 2. The number of carbonyl (C=O) groups is 1. The van der Waals surface area contributed by atoms with E-state index in [1.807, 2.05) is 25.1 Å². The molecule has 2 bridgehead atoms. The van der Waals surface area contributed by atoms with Gasteiger partial charge in [-0.15, -0.1) is 0 Å². The molecule has 5 rings (SSSR count). The van der Waals surface area contributed by atoms with Gasteiger partial charge in [-0.05, 0) is 55.0 Å². The standard InChI is InChI=1S/C24H23Cl2N3O2/c1-12-5-6-19(31-4)18(9-12)29-22(30)24-8-7-13(23(24,2)3)20-21(24)28-17-11-15(26)14(25)10-16(17)27-20/h5-6,9-11,13H,7-8H2,1-4H3,(H,29,30). The van der Waals surface area contributed by atoms with E-state index in [1.54, 1.807) is 19.2 Å². The number of rotatable bonds is 3. The van der Waals surface area contributed by atoms with Gasteiger partial charge in [-0.3, -0.25) is 4.79 Å². The number of nitrogens with zero attached hydrogens (tertiary/aromatic N) is 2. The average molecular weight is 456 g/mol. The number of methoxy groups -OCH3 is 1. The fraction of sp³-hybridized carbons (Fsp3) is 0.375. The second kappa shape index (κ2) is 6.81. The van der Waals surface area contributed by atoms with Gasteiger partial charge in [0.05, 0.1) is 50.7 Å². The van der Waals surface area contributed by atoms with E-state index in [2.05, 4.69) is 19.2 Å². The van der Waals surface area contributed by atoms with Crippen LogP contribution in [-0.4, -0.2) is 23.0 Å². The molecule has 1 amide bonds. The second-order valence-corrected chi connectivity index (χ2v) is 9.90. The maximum atomic E-state index is 13.9. The zero-order valence-electron chi connectivity index (χ0n) is 17.8. The highest BCUT2D eigenvalue weighted by atomic mass is 35.5. The minimum absolute atomic E-state index is 0.0728. The fourth-order valence-corrected chi connectivity index (χ4v) is 5.84.